The molecule has 8 heteroatoms. The van der Waals surface area contributed by atoms with Crippen LogP contribution in [0.25, 0.3) is 0 Å². The molecular formula is C42H76NO7+. The summed E-state index contributed by atoms with van der Waals surface area (Å²) in [6.45, 7) is 4.51. The molecule has 0 amide bonds. The molecule has 0 aromatic carbocycles. The van der Waals surface area contributed by atoms with E-state index in [2.05, 4.69) is 38.2 Å². The number of hydrogen-bond acceptors (Lipinski definition) is 6. The predicted octanol–water partition coefficient (Wildman–Crippen LogP) is 10.3. The largest absolute Gasteiger partial charge is 0.477 e. The van der Waals surface area contributed by atoms with Crippen LogP contribution < -0.4 is 0 Å². The molecule has 2 atom stereocenters. The van der Waals surface area contributed by atoms with Gasteiger partial charge < -0.3 is 23.8 Å². The lowest BCUT2D eigenvalue weighted by Crippen LogP contribution is -2.50. The Morgan fingerprint density at radius 1 is 0.620 bits per heavy atom. The lowest BCUT2D eigenvalue weighted by molar-refractivity contribution is -0.887. The summed E-state index contributed by atoms with van der Waals surface area (Å²) in [5, 5.41) is 9.58. The number of ether oxygens (including phenoxy) is 3. The van der Waals surface area contributed by atoms with E-state index in [0.717, 1.165) is 38.5 Å². The summed E-state index contributed by atoms with van der Waals surface area (Å²) in [5.74, 6) is -1.61. The van der Waals surface area contributed by atoms with Crippen LogP contribution in [0.2, 0.25) is 0 Å². The summed E-state index contributed by atoms with van der Waals surface area (Å²) in [6, 6.07) is -0.622. The number of likely N-dealkylation sites (N-methyl/N-ethyl adjacent to an activating group) is 1. The van der Waals surface area contributed by atoms with Crippen molar-refractivity contribution in [3.63, 3.8) is 0 Å². The Kier molecular flexibility index (Phi) is 32.0. The van der Waals surface area contributed by atoms with Gasteiger partial charge in [-0.1, -0.05) is 153 Å². The molecule has 0 aliphatic rings. The summed E-state index contributed by atoms with van der Waals surface area (Å²) in [4.78, 5) is 36.7. The first-order valence-electron chi connectivity index (χ1n) is 20.0. The molecule has 0 aliphatic carbocycles. The normalized spacial score (nSPS) is 13.4. The van der Waals surface area contributed by atoms with E-state index in [-0.39, 0.29) is 36.7 Å². The van der Waals surface area contributed by atoms with Crippen LogP contribution in [0.3, 0.4) is 0 Å². The summed E-state index contributed by atoms with van der Waals surface area (Å²) < 4.78 is 17.1. The molecule has 0 aromatic heterocycles. The second kappa shape index (κ2) is 33.7. The van der Waals surface area contributed by atoms with Crippen molar-refractivity contribution in [2.75, 3.05) is 41.0 Å². The third kappa shape index (κ3) is 31.5. The Labute approximate surface area is 306 Å². The molecule has 0 rings (SSSR count). The zero-order valence-electron chi connectivity index (χ0n) is 32.8. The van der Waals surface area contributed by atoms with Crippen LogP contribution in [0, 0.1) is 0 Å². The zero-order chi connectivity index (χ0) is 37.1. The second-order valence-electron chi connectivity index (χ2n) is 14.5. The smallest absolute Gasteiger partial charge is 0.362 e. The van der Waals surface area contributed by atoms with E-state index in [1.165, 1.54) is 89.9 Å². The third-order valence-corrected chi connectivity index (χ3v) is 8.84. The van der Waals surface area contributed by atoms with Crippen molar-refractivity contribution in [3.05, 3.63) is 36.5 Å². The van der Waals surface area contributed by atoms with Crippen molar-refractivity contribution in [3.8, 4) is 0 Å². The molecule has 0 saturated heterocycles. The lowest BCUT2D eigenvalue weighted by Gasteiger charge is -2.31. The standard InChI is InChI=1S/C42H75NO7/c1-6-8-10-12-14-16-17-18-19-20-21-22-23-25-27-29-31-33-41(45)50-38(36-48-35-34-39(42(46)47)43(3,4)5)37-49-40(44)32-30-28-26-24-15-13-11-9-7-2/h9,11,15,24,28,30,38-39H,6-8,10,12-14,16-23,25-27,29,31-37H2,1-5H3/p+1/b11-9+,24-15+,30-28+. The van der Waals surface area contributed by atoms with Crippen molar-refractivity contribution in [2.24, 2.45) is 0 Å². The molecule has 8 nitrogen and oxygen atoms in total. The van der Waals surface area contributed by atoms with Crippen LogP contribution in [-0.2, 0) is 28.6 Å². The number of allylic oxidation sites excluding steroid dienone is 5. The first kappa shape index (κ1) is 47.5. The topological polar surface area (TPSA) is 99.1 Å². The van der Waals surface area contributed by atoms with Gasteiger partial charge in [-0.3, -0.25) is 9.59 Å². The fourth-order valence-electron chi connectivity index (χ4n) is 5.74. The number of rotatable bonds is 35. The highest BCUT2D eigenvalue weighted by molar-refractivity contribution is 5.72. The molecule has 50 heavy (non-hydrogen) atoms. The predicted molar refractivity (Wildman–Crippen MR) is 206 cm³/mol. The Morgan fingerprint density at radius 3 is 1.58 bits per heavy atom. The second-order valence-corrected chi connectivity index (χ2v) is 14.5. The van der Waals surface area contributed by atoms with Crippen LogP contribution in [-0.4, -0.2) is 80.6 Å². The SMILES string of the molecule is CC/C=C/C/C=C/C/C=C/CC(=O)OCC(COCCC(C(=O)O)[N+](C)(C)C)OC(=O)CCCCCCCCCCCCCCCCCCC. The number of carboxylic acid groups (broad SMARTS) is 1. The summed E-state index contributed by atoms with van der Waals surface area (Å²) in [5.41, 5.74) is 0. The number of esters is 2. The first-order chi connectivity index (χ1) is 24.1. The van der Waals surface area contributed by atoms with Gasteiger partial charge in [-0.2, -0.15) is 0 Å². The van der Waals surface area contributed by atoms with Crippen molar-refractivity contribution in [2.45, 2.75) is 174 Å². The Hall–Kier alpha value is -2.45. The Balaban J connectivity index is 4.38. The van der Waals surface area contributed by atoms with E-state index in [0.29, 0.717) is 12.8 Å². The van der Waals surface area contributed by atoms with Gasteiger partial charge in [-0.05, 0) is 25.7 Å². The van der Waals surface area contributed by atoms with Gasteiger partial charge in [0.2, 0.25) is 0 Å². The maximum atomic E-state index is 12.7. The van der Waals surface area contributed by atoms with E-state index in [1.807, 2.05) is 27.2 Å². The number of nitrogens with zero attached hydrogens (tertiary/aromatic N) is 1. The van der Waals surface area contributed by atoms with Gasteiger partial charge in [0.25, 0.3) is 0 Å². The van der Waals surface area contributed by atoms with Gasteiger partial charge >= 0.3 is 17.9 Å². The van der Waals surface area contributed by atoms with Crippen LogP contribution in [0.4, 0.5) is 0 Å². The molecule has 0 aliphatic heterocycles. The molecule has 0 fully saturated rings. The first-order valence-corrected chi connectivity index (χ1v) is 20.0. The maximum absolute atomic E-state index is 12.7. The number of carbonyl (C=O) groups excluding carboxylic acids is 2. The highest BCUT2D eigenvalue weighted by Gasteiger charge is 2.31. The zero-order valence-corrected chi connectivity index (χ0v) is 32.8. The fourth-order valence-corrected chi connectivity index (χ4v) is 5.74. The molecule has 0 bridgehead atoms. The van der Waals surface area contributed by atoms with Gasteiger partial charge in [0.05, 0.1) is 40.8 Å². The molecular weight excluding hydrogens is 630 g/mol. The van der Waals surface area contributed by atoms with E-state index in [9.17, 15) is 19.5 Å². The molecule has 0 heterocycles. The lowest BCUT2D eigenvalue weighted by atomic mass is 10.0. The number of quaternary nitrogens is 1. The third-order valence-electron chi connectivity index (χ3n) is 8.84. The fraction of sp³-hybridized carbons (Fsp3) is 0.786. The average Bonchev–Trinajstić information content (AvgIpc) is 3.06. The molecule has 0 radical (unpaired) electrons. The van der Waals surface area contributed by atoms with Crippen molar-refractivity contribution >= 4 is 17.9 Å². The Morgan fingerprint density at radius 2 is 1.10 bits per heavy atom. The quantitative estimate of drug-likeness (QED) is 0.0303. The van der Waals surface area contributed by atoms with Gasteiger partial charge in [0.1, 0.15) is 6.61 Å². The monoisotopic (exact) mass is 707 g/mol. The summed E-state index contributed by atoms with van der Waals surface area (Å²) in [6.07, 6.45) is 36.6. The molecule has 2 unspecified atom stereocenters. The summed E-state index contributed by atoms with van der Waals surface area (Å²) in [7, 11) is 5.49. The molecule has 1 N–H and O–H groups in total. The minimum atomic E-state index is -0.885. The molecule has 0 spiro atoms. The van der Waals surface area contributed by atoms with Gasteiger partial charge in [-0.15, -0.1) is 0 Å². The highest BCUT2D eigenvalue weighted by atomic mass is 16.6. The van der Waals surface area contributed by atoms with E-state index >= 15 is 0 Å². The van der Waals surface area contributed by atoms with Crippen LogP contribution in [0.5, 0.6) is 0 Å². The van der Waals surface area contributed by atoms with Crippen molar-refractivity contribution < 1.29 is 38.2 Å². The maximum Gasteiger partial charge on any atom is 0.362 e. The number of carboxylic acids is 1. The number of hydrogen-bond donors (Lipinski definition) is 1. The highest BCUT2D eigenvalue weighted by Crippen LogP contribution is 2.15. The van der Waals surface area contributed by atoms with Gasteiger partial charge in [0, 0.05) is 12.8 Å². The number of unbranched alkanes of at least 4 members (excludes halogenated alkanes) is 16. The van der Waals surface area contributed by atoms with Crippen LogP contribution in [0.1, 0.15) is 162 Å². The minimum Gasteiger partial charge on any atom is -0.477 e. The van der Waals surface area contributed by atoms with Crippen LogP contribution in [0.15, 0.2) is 36.5 Å². The average molecular weight is 707 g/mol. The molecule has 0 aromatic rings. The van der Waals surface area contributed by atoms with Crippen molar-refractivity contribution in [1.29, 1.82) is 0 Å². The summed E-state index contributed by atoms with van der Waals surface area (Å²) >= 11 is 0. The van der Waals surface area contributed by atoms with E-state index in [4.69, 9.17) is 14.2 Å². The number of carbonyl (C=O) groups is 3. The van der Waals surface area contributed by atoms with E-state index in [1.54, 1.807) is 6.08 Å². The number of aliphatic carboxylic acids is 1. The van der Waals surface area contributed by atoms with Gasteiger partial charge in [-0.25, -0.2) is 4.79 Å². The van der Waals surface area contributed by atoms with Crippen LogP contribution >= 0.6 is 0 Å². The Bertz CT molecular complexity index is 922. The molecule has 290 valence electrons. The van der Waals surface area contributed by atoms with Gasteiger partial charge in [0.15, 0.2) is 12.1 Å². The molecule has 0 saturated carbocycles. The van der Waals surface area contributed by atoms with Crippen molar-refractivity contribution in [1.82, 2.24) is 0 Å². The van der Waals surface area contributed by atoms with E-state index < -0.39 is 24.1 Å². The minimum absolute atomic E-state index is 0.0364.